The van der Waals surface area contributed by atoms with Gasteiger partial charge in [-0.2, -0.15) is 0 Å². The van der Waals surface area contributed by atoms with Crippen molar-refractivity contribution in [2.75, 3.05) is 6.54 Å². The average Bonchev–Trinajstić information content (AvgIpc) is 2.80. The molecule has 1 aromatic carbocycles. The first-order valence-corrected chi connectivity index (χ1v) is 7.28. The molecule has 4 heteroatoms. The Labute approximate surface area is 125 Å². The van der Waals surface area contributed by atoms with E-state index >= 15 is 0 Å². The molecule has 0 bridgehead atoms. The quantitative estimate of drug-likeness (QED) is 0.876. The molecule has 114 valence electrons. The highest BCUT2D eigenvalue weighted by Gasteiger charge is 2.68. The topological polar surface area (TPSA) is 66.4 Å². The Hall–Kier alpha value is -1.84. The fourth-order valence-electron chi connectivity index (χ4n) is 3.22. The van der Waals surface area contributed by atoms with Crippen LogP contribution in [0.5, 0.6) is 0 Å². The smallest absolute Gasteiger partial charge is 0.335 e. The van der Waals surface area contributed by atoms with E-state index in [0.29, 0.717) is 18.5 Å². The first kappa shape index (κ1) is 15.5. The number of amides is 1. The van der Waals surface area contributed by atoms with Crippen molar-refractivity contribution in [2.24, 2.45) is 16.7 Å². The third-order valence-electron chi connectivity index (χ3n) is 5.22. The summed E-state index contributed by atoms with van der Waals surface area (Å²) >= 11 is 0. The molecule has 0 spiro atoms. The van der Waals surface area contributed by atoms with Crippen molar-refractivity contribution in [1.29, 1.82) is 0 Å². The first-order chi connectivity index (χ1) is 9.69. The lowest BCUT2D eigenvalue weighted by atomic mass is 10.0. The van der Waals surface area contributed by atoms with E-state index in [1.807, 2.05) is 6.07 Å². The van der Waals surface area contributed by atoms with E-state index in [1.54, 1.807) is 18.2 Å². The van der Waals surface area contributed by atoms with Gasteiger partial charge in [0.25, 0.3) is 0 Å². The second kappa shape index (κ2) is 5.17. The Morgan fingerprint density at radius 3 is 2.24 bits per heavy atom. The minimum absolute atomic E-state index is 0.0239. The number of benzene rings is 1. The second-order valence-corrected chi connectivity index (χ2v) is 6.88. The van der Waals surface area contributed by atoms with E-state index in [2.05, 4.69) is 33.0 Å². The van der Waals surface area contributed by atoms with Crippen molar-refractivity contribution in [3.63, 3.8) is 0 Å². The lowest BCUT2D eigenvalue weighted by molar-refractivity contribution is -0.123. The van der Waals surface area contributed by atoms with Gasteiger partial charge in [-0.25, -0.2) is 4.79 Å². The summed E-state index contributed by atoms with van der Waals surface area (Å²) in [6.07, 6.45) is 0.530. The van der Waals surface area contributed by atoms with E-state index in [9.17, 15) is 9.59 Å². The van der Waals surface area contributed by atoms with Crippen LogP contribution >= 0.6 is 0 Å². The summed E-state index contributed by atoms with van der Waals surface area (Å²) < 4.78 is 0. The van der Waals surface area contributed by atoms with Crippen LogP contribution in [0.3, 0.4) is 0 Å². The largest absolute Gasteiger partial charge is 0.478 e. The van der Waals surface area contributed by atoms with Crippen LogP contribution in [0, 0.1) is 16.7 Å². The Balaban J connectivity index is 1.92. The molecule has 0 aliphatic heterocycles. The summed E-state index contributed by atoms with van der Waals surface area (Å²) in [5, 5.41) is 12.1. The number of hydrogen-bond acceptors (Lipinski definition) is 2. The third-order valence-corrected chi connectivity index (χ3v) is 5.22. The summed E-state index contributed by atoms with van der Waals surface area (Å²) in [5.41, 5.74) is 1.10. The summed E-state index contributed by atoms with van der Waals surface area (Å²) in [6.45, 7) is 8.90. The second-order valence-electron chi connectivity index (χ2n) is 6.88. The molecule has 0 heterocycles. The molecular weight excluding hydrogens is 266 g/mol. The third kappa shape index (κ3) is 2.67. The SMILES string of the molecule is CC1(C)C(C(=O)NCCc2ccccc2C(=O)O)C1(C)C. The van der Waals surface area contributed by atoms with Crippen LogP contribution in [-0.4, -0.2) is 23.5 Å². The molecule has 1 fully saturated rings. The number of nitrogens with one attached hydrogen (secondary N) is 1. The van der Waals surface area contributed by atoms with Crippen molar-refractivity contribution in [2.45, 2.75) is 34.1 Å². The van der Waals surface area contributed by atoms with E-state index in [0.717, 1.165) is 5.56 Å². The summed E-state index contributed by atoms with van der Waals surface area (Å²) in [4.78, 5) is 23.3. The van der Waals surface area contributed by atoms with Gasteiger partial charge in [-0.15, -0.1) is 0 Å². The van der Waals surface area contributed by atoms with E-state index in [1.165, 1.54) is 0 Å². The predicted octanol–water partition coefficient (Wildman–Crippen LogP) is 2.73. The molecule has 0 saturated heterocycles. The van der Waals surface area contributed by atoms with Crippen LogP contribution in [0.4, 0.5) is 0 Å². The zero-order valence-corrected chi connectivity index (χ0v) is 13.1. The maximum atomic E-state index is 12.2. The van der Waals surface area contributed by atoms with Crippen LogP contribution < -0.4 is 5.32 Å². The maximum absolute atomic E-state index is 12.2. The lowest BCUT2D eigenvalue weighted by Gasteiger charge is -2.08. The van der Waals surface area contributed by atoms with E-state index in [-0.39, 0.29) is 22.7 Å². The van der Waals surface area contributed by atoms with Crippen molar-refractivity contribution in [1.82, 2.24) is 5.32 Å². The molecule has 0 atom stereocenters. The normalized spacial score (nSPS) is 19.0. The van der Waals surface area contributed by atoms with Crippen LogP contribution in [-0.2, 0) is 11.2 Å². The van der Waals surface area contributed by atoms with Gasteiger partial charge in [-0.3, -0.25) is 4.79 Å². The highest BCUT2D eigenvalue weighted by atomic mass is 16.4. The van der Waals surface area contributed by atoms with Crippen LogP contribution in [0.15, 0.2) is 24.3 Å². The average molecular weight is 289 g/mol. The molecule has 21 heavy (non-hydrogen) atoms. The molecule has 1 saturated carbocycles. The monoisotopic (exact) mass is 289 g/mol. The van der Waals surface area contributed by atoms with Gasteiger partial charge in [-0.05, 0) is 28.9 Å². The number of hydrogen-bond donors (Lipinski definition) is 2. The Morgan fingerprint density at radius 2 is 1.71 bits per heavy atom. The molecular formula is C17H23NO3. The number of carboxylic acids is 1. The minimum atomic E-state index is -0.929. The molecule has 0 aromatic heterocycles. The molecule has 2 N–H and O–H groups in total. The molecule has 1 aliphatic rings. The van der Waals surface area contributed by atoms with Crippen molar-refractivity contribution in [3.8, 4) is 0 Å². The van der Waals surface area contributed by atoms with Crippen molar-refractivity contribution >= 4 is 11.9 Å². The van der Waals surface area contributed by atoms with Gasteiger partial charge in [0, 0.05) is 12.5 Å². The van der Waals surface area contributed by atoms with Crippen molar-refractivity contribution < 1.29 is 14.7 Å². The Bertz CT molecular complexity index is 561. The fourth-order valence-corrected chi connectivity index (χ4v) is 3.22. The fraction of sp³-hybridized carbons (Fsp3) is 0.529. The van der Waals surface area contributed by atoms with Gasteiger partial charge in [0.05, 0.1) is 5.56 Å². The molecule has 2 rings (SSSR count). The maximum Gasteiger partial charge on any atom is 0.335 e. The van der Waals surface area contributed by atoms with Gasteiger partial charge in [-0.1, -0.05) is 45.9 Å². The number of carbonyl (C=O) groups is 2. The molecule has 1 amide bonds. The van der Waals surface area contributed by atoms with Gasteiger partial charge >= 0.3 is 5.97 Å². The van der Waals surface area contributed by atoms with Crippen molar-refractivity contribution in [3.05, 3.63) is 35.4 Å². The lowest BCUT2D eigenvalue weighted by Crippen LogP contribution is -2.29. The van der Waals surface area contributed by atoms with E-state index < -0.39 is 5.97 Å². The molecule has 4 nitrogen and oxygen atoms in total. The van der Waals surface area contributed by atoms with E-state index in [4.69, 9.17) is 5.11 Å². The predicted molar refractivity (Wildman–Crippen MR) is 81.2 cm³/mol. The molecule has 0 unspecified atom stereocenters. The summed E-state index contributed by atoms with van der Waals surface area (Å²) in [6, 6.07) is 6.91. The molecule has 1 aromatic rings. The Morgan fingerprint density at radius 1 is 1.14 bits per heavy atom. The minimum Gasteiger partial charge on any atom is -0.478 e. The van der Waals surface area contributed by atoms with Gasteiger partial charge in [0.1, 0.15) is 0 Å². The first-order valence-electron chi connectivity index (χ1n) is 7.28. The number of aromatic carboxylic acids is 1. The van der Waals surface area contributed by atoms with Gasteiger partial charge < -0.3 is 10.4 Å². The molecule has 1 aliphatic carbocycles. The molecule has 0 radical (unpaired) electrons. The number of carbonyl (C=O) groups excluding carboxylic acids is 1. The highest BCUT2D eigenvalue weighted by molar-refractivity contribution is 5.89. The van der Waals surface area contributed by atoms with Crippen LogP contribution in [0.2, 0.25) is 0 Å². The summed E-state index contributed by atoms with van der Waals surface area (Å²) in [7, 11) is 0. The van der Waals surface area contributed by atoms with Gasteiger partial charge in [0.2, 0.25) is 5.91 Å². The Kier molecular flexibility index (Phi) is 3.83. The highest BCUT2D eigenvalue weighted by Crippen LogP contribution is 2.68. The van der Waals surface area contributed by atoms with Gasteiger partial charge in [0.15, 0.2) is 0 Å². The number of carboxylic acid groups (broad SMARTS) is 1. The zero-order valence-electron chi connectivity index (χ0n) is 13.1. The number of rotatable bonds is 5. The summed E-state index contributed by atoms with van der Waals surface area (Å²) in [5.74, 6) is -0.834. The standard InChI is InChI=1S/C17H23NO3/c1-16(2)13(17(16,3)4)14(19)18-10-9-11-7-5-6-8-12(11)15(20)21/h5-8,13H,9-10H2,1-4H3,(H,18,19)(H,20,21). The zero-order chi connectivity index (χ0) is 15.8. The van der Waals surface area contributed by atoms with Crippen LogP contribution in [0.1, 0.15) is 43.6 Å². The van der Waals surface area contributed by atoms with Crippen LogP contribution in [0.25, 0.3) is 0 Å².